The Labute approximate surface area is 346 Å². The van der Waals surface area contributed by atoms with Gasteiger partial charge in [-0.05, 0) is 123 Å². The predicted octanol–water partition coefficient (Wildman–Crippen LogP) is 15.9. The molecule has 2 aromatic rings. The van der Waals surface area contributed by atoms with Crippen LogP contribution in [-0.4, -0.2) is 17.9 Å². The Bertz CT molecular complexity index is 1420. The molecule has 1 aliphatic rings. The fourth-order valence-electron chi connectivity index (χ4n) is 8.07. The van der Waals surface area contributed by atoms with Crippen LogP contribution in [0.1, 0.15) is 215 Å². The number of aryl methyl sites for hydroxylation is 4. The van der Waals surface area contributed by atoms with Crippen LogP contribution < -0.4 is 0 Å². The molecule has 0 spiro atoms. The zero-order chi connectivity index (χ0) is 40.4. The molecular formula is C50H82N2NiO2. The summed E-state index contributed by atoms with van der Waals surface area (Å²) in [5, 5.41) is 0. The molecule has 0 fully saturated rings. The standard InChI is InChI=1S/C46H72N2.2C2H5O.Ni/c1-9-14-16-18-19-20-21-22-23-25-30-44-43(29-24-17-15-10-2)45(40-31-35(6)37(8)36(7)32-40)48(47)46(44)41-33-38(26-11-3)42(28-13-5)39(34-41)27-12-4;2*1-2-3;/h31-34H,9-30H2,1-8H3;2*2H2,1H3;/q;2*-1;+2. The van der Waals surface area contributed by atoms with E-state index in [1.165, 1.54) is 146 Å². The van der Waals surface area contributed by atoms with Crippen molar-refractivity contribution in [1.29, 1.82) is 0 Å². The first-order valence-corrected chi connectivity index (χ1v) is 23.6. The molecule has 0 saturated carbocycles. The van der Waals surface area contributed by atoms with Crippen molar-refractivity contribution in [2.45, 2.75) is 210 Å². The maximum atomic E-state index is 12.4. The molecule has 2 aromatic carbocycles. The molecule has 0 unspecified atom stereocenters. The van der Waals surface area contributed by atoms with Gasteiger partial charge < -0.3 is 5.53 Å². The van der Waals surface area contributed by atoms with Gasteiger partial charge in [0.1, 0.15) is 0 Å². The van der Waals surface area contributed by atoms with E-state index in [-0.39, 0.29) is 0 Å². The Balaban J connectivity index is 0.00000136. The molecule has 1 aliphatic heterocycles. The molecule has 0 N–H and O–H groups in total. The van der Waals surface area contributed by atoms with E-state index in [1.54, 1.807) is 10.3 Å². The van der Waals surface area contributed by atoms with Gasteiger partial charge in [-0.1, -0.05) is 131 Å². The number of allylic oxidation sites excluding steroid dienone is 2. The molecule has 314 valence electrons. The fourth-order valence-corrected chi connectivity index (χ4v) is 8.38. The summed E-state index contributed by atoms with van der Waals surface area (Å²) in [5.41, 5.74) is 28.3. The third-order valence-electron chi connectivity index (χ3n) is 11.1. The second-order valence-corrected chi connectivity index (χ2v) is 16.5. The molecule has 55 heavy (non-hydrogen) atoms. The summed E-state index contributed by atoms with van der Waals surface area (Å²) in [6.45, 7) is 23.5. The minimum absolute atomic E-state index is 0.708. The quantitative estimate of drug-likeness (QED) is 0.0489. The molecule has 0 aromatic heterocycles. The number of unbranched alkanes of at least 4 members (excludes halogenated alkanes) is 12. The molecule has 1 heterocycles. The Kier molecular flexibility index (Phi) is 26.1. The molecule has 3 rings (SSSR count). The summed E-state index contributed by atoms with van der Waals surface area (Å²) in [4.78, 5) is 0. The number of rotatable bonds is 28. The minimum atomic E-state index is 0.708. The molecule has 0 radical (unpaired) electrons. The second-order valence-electron chi connectivity index (χ2n) is 15.8. The summed E-state index contributed by atoms with van der Waals surface area (Å²) < 4.78 is 11.2. The van der Waals surface area contributed by atoms with Crippen molar-refractivity contribution >= 4 is 11.4 Å². The third kappa shape index (κ3) is 16.4. The van der Waals surface area contributed by atoms with Crippen molar-refractivity contribution in [1.82, 2.24) is 0 Å². The van der Waals surface area contributed by atoms with Crippen molar-refractivity contribution in [3.05, 3.63) is 85.5 Å². The van der Waals surface area contributed by atoms with Crippen LogP contribution in [0.3, 0.4) is 0 Å². The second kappa shape index (κ2) is 29.2. The molecule has 4 nitrogen and oxygen atoms in total. The predicted molar refractivity (Wildman–Crippen MR) is 235 cm³/mol. The normalized spacial score (nSPS) is 13.0. The third-order valence-corrected chi connectivity index (χ3v) is 11.9. The van der Waals surface area contributed by atoms with Gasteiger partial charge in [0.05, 0.1) is 0 Å². The van der Waals surface area contributed by atoms with Crippen LogP contribution in [0.2, 0.25) is 0 Å². The van der Waals surface area contributed by atoms with Crippen LogP contribution in [0.5, 0.6) is 0 Å². The van der Waals surface area contributed by atoms with Gasteiger partial charge in [-0.15, -0.1) is 0 Å². The summed E-state index contributed by atoms with van der Waals surface area (Å²) in [6.07, 6.45) is 27.3. The van der Waals surface area contributed by atoms with Gasteiger partial charge >= 0.3 is 49.9 Å². The maximum absolute atomic E-state index is 12.4. The summed E-state index contributed by atoms with van der Waals surface area (Å²) in [5.74, 6) is 0. The van der Waals surface area contributed by atoms with E-state index in [0.29, 0.717) is 13.2 Å². The average Bonchev–Trinajstić information content (AvgIpc) is 3.44. The van der Waals surface area contributed by atoms with E-state index in [4.69, 9.17) is 7.76 Å². The average molecular weight is 802 g/mol. The zero-order valence-electron chi connectivity index (χ0n) is 37.3. The van der Waals surface area contributed by atoms with E-state index >= 15 is 0 Å². The van der Waals surface area contributed by atoms with E-state index in [1.807, 2.05) is 13.8 Å². The van der Waals surface area contributed by atoms with Gasteiger partial charge in [0.25, 0.3) is 0 Å². The Morgan fingerprint density at radius 2 is 0.855 bits per heavy atom. The summed E-state index contributed by atoms with van der Waals surface area (Å²) in [6, 6.07) is 9.58. The molecule has 0 atom stereocenters. The summed E-state index contributed by atoms with van der Waals surface area (Å²) >= 11 is 0.899. The number of benzene rings is 2. The molecule has 0 amide bonds. The van der Waals surface area contributed by atoms with Crippen molar-refractivity contribution in [3.8, 4) is 0 Å². The van der Waals surface area contributed by atoms with Crippen molar-refractivity contribution in [3.63, 3.8) is 0 Å². The van der Waals surface area contributed by atoms with E-state index in [9.17, 15) is 5.53 Å². The van der Waals surface area contributed by atoms with Gasteiger partial charge in [-0.25, -0.2) is 4.70 Å². The van der Waals surface area contributed by atoms with Crippen LogP contribution >= 0.6 is 0 Å². The van der Waals surface area contributed by atoms with Gasteiger partial charge in [-0.2, -0.15) is 0 Å². The molecule has 0 saturated heterocycles. The van der Waals surface area contributed by atoms with Crippen molar-refractivity contribution < 1.29 is 27.5 Å². The topological polar surface area (TPSA) is 43.8 Å². The molecule has 0 aliphatic carbocycles. The van der Waals surface area contributed by atoms with Gasteiger partial charge in [0.2, 0.25) is 11.4 Å². The van der Waals surface area contributed by atoms with Crippen LogP contribution in [0, 0.1) is 20.8 Å². The number of hydrogen-bond acceptors (Lipinski definition) is 2. The number of nitrogens with zero attached hydrogens (tertiary/aromatic N) is 2. The van der Waals surface area contributed by atoms with Crippen molar-refractivity contribution in [2.24, 2.45) is 0 Å². The van der Waals surface area contributed by atoms with Crippen LogP contribution in [0.4, 0.5) is 0 Å². The molecule has 0 bridgehead atoms. The number of hydrogen-bond donors (Lipinski definition) is 0. The fraction of sp³-hybridized carbons (Fsp3) is 0.680. The van der Waals surface area contributed by atoms with Gasteiger partial charge in [-0.3, -0.25) is 0 Å². The van der Waals surface area contributed by atoms with Crippen LogP contribution in [-0.2, 0) is 42.1 Å². The first-order chi connectivity index (χ1) is 26.7. The van der Waals surface area contributed by atoms with Gasteiger partial charge in [0, 0.05) is 22.3 Å². The Morgan fingerprint density at radius 3 is 1.25 bits per heavy atom. The van der Waals surface area contributed by atoms with Crippen molar-refractivity contribution in [2.75, 3.05) is 13.2 Å². The van der Waals surface area contributed by atoms with Crippen LogP contribution in [0.15, 0.2) is 35.4 Å². The molecular weight excluding hydrogens is 719 g/mol. The first kappa shape index (κ1) is 49.1. The van der Waals surface area contributed by atoms with Crippen LogP contribution in [0.25, 0.3) is 16.9 Å². The van der Waals surface area contributed by atoms with E-state index in [0.717, 1.165) is 71.4 Å². The Hall–Kier alpha value is -2.07. The molecule has 5 heteroatoms. The SMILES string of the molecule is CCCCCCCCCCCCC1=C(c2cc(CCC)c(CCC)c(CCC)c2)[N+](=[N-])C(c2cc(C)c(C)c(C)c2)=C1CCCCCC.CC[O][Ni][O]CC. The monoisotopic (exact) mass is 801 g/mol. The van der Waals surface area contributed by atoms with E-state index in [2.05, 4.69) is 79.7 Å². The first-order valence-electron chi connectivity index (χ1n) is 22.8. The summed E-state index contributed by atoms with van der Waals surface area (Å²) in [7, 11) is 0. The van der Waals surface area contributed by atoms with Gasteiger partial charge in [0.15, 0.2) is 0 Å². The van der Waals surface area contributed by atoms with E-state index < -0.39 is 0 Å². The Morgan fingerprint density at radius 1 is 0.473 bits per heavy atom. The zero-order valence-corrected chi connectivity index (χ0v) is 38.3.